The van der Waals surface area contributed by atoms with Crippen molar-refractivity contribution in [1.82, 2.24) is 5.32 Å². The number of urea groups is 1. The molecule has 2 aromatic rings. The van der Waals surface area contributed by atoms with Gasteiger partial charge in [-0.1, -0.05) is 12.1 Å². The predicted molar refractivity (Wildman–Crippen MR) is 106 cm³/mol. The lowest BCUT2D eigenvalue weighted by Gasteiger charge is -2.10. The summed E-state index contributed by atoms with van der Waals surface area (Å²) in [6.45, 7) is 0.269. The number of aryl methyl sites for hydroxylation is 1. The SMILES string of the molecule is CNC(=O)CCOc1ccc(NC(=O)Nc2cccc(CCC(=O)O)c2)cc1. The average Bonchev–Trinajstić information content (AvgIpc) is 2.67. The molecule has 0 aliphatic carbocycles. The zero-order valence-electron chi connectivity index (χ0n) is 15.5. The van der Waals surface area contributed by atoms with Crippen LogP contribution in [0.1, 0.15) is 18.4 Å². The first-order chi connectivity index (χ1) is 13.5. The van der Waals surface area contributed by atoms with Crippen LogP contribution >= 0.6 is 0 Å². The monoisotopic (exact) mass is 385 g/mol. The van der Waals surface area contributed by atoms with Crippen LogP contribution in [0.25, 0.3) is 0 Å². The quantitative estimate of drug-likeness (QED) is 0.530. The molecule has 2 rings (SSSR count). The fourth-order valence-electron chi connectivity index (χ4n) is 2.37. The number of ether oxygens (including phenoxy) is 1. The zero-order chi connectivity index (χ0) is 20.4. The summed E-state index contributed by atoms with van der Waals surface area (Å²) in [7, 11) is 1.57. The van der Waals surface area contributed by atoms with E-state index in [1.54, 1.807) is 49.5 Å². The molecule has 3 amide bonds. The van der Waals surface area contributed by atoms with Crippen LogP contribution in [0.3, 0.4) is 0 Å². The maximum absolute atomic E-state index is 12.1. The molecular formula is C20H23N3O5. The van der Waals surface area contributed by atoms with E-state index >= 15 is 0 Å². The molecule has 0 bridgehead atoms. The molecule has 8 nitrogen and oxygen atoms in total. The van der Waals surface area contributed by atoms with E-state index in [0.29, 0.717) is 23.5 Å². The maximum Gasteiger partial charge on any atom is 0.323 e. The highest BCUT2D eigenvalue weighted by Crippen LogP contribution is 2.17. The fraction of sp³-hybridized carbons (Fsp3) is 0.250. The molecule has 0 heterocycles. The Labute approximate surface area is 162 Å². The number of rotatable bonds is 9. The first-order valence-corrected chi connectivity index (χ1v) is 8.78. The highest BCUT2D eigenvalue weighted by molar-refractivity contribution is 5.99. The molecule has 0 atom stereocenters. The van der Waals surface area contributed by atoms with Crippen molar-refractivity contribution in [2.45, 2.75) is 19.3 Å². The summed E-state index contributed by atoms with van der Waals surface area (Å²) >= 11 is 0. The number of hydrogen-bond donors (Lipinski definition) is 4. The van der Waals surface area contributed by atoms with E-state index in [2.05, 4.69) is 16.0 Å². The minimum atomic E-state index is -0.864. The van der Waals surface area contributed by atoms with Gasteiger partial charge in [0.05, 0.1) is 13.0 Å². The molecule has 4 N–H and O–H groups in total. The van der Waals surface area contributed by atoms with Gasteiger partial charge in [-0.2, -0.15) is 0 Å². The normalized spacial score (nSPS) is 10.0. The van der Waals surface area contributed by atoms with Crippen LogP contribution < -0.4 is 20.7 Å². The highest BCUT2D eigenvalue weighted by atomic mass is 16.5. The molecule has 2 aromatic carbocycles. The summed E-state index contributed by atoms with van der Waals surface area (Å²) in [6, 6.07) is 13.4. The lowest BCUT2D eigenvalue weighted by molar-refractivity contribution is -0.137. The van der Waals surface area contributed by atoms with E-state index in [0.717, 1.165) is 5.56 Å². The number of aliphatic carboxylic acids is 1. The van der Waals surface area contributed by atoms with Crippen molar-refractivity contribution in [3.05, 3.63) is 54.1 Å². The van der Waals surface area contributed by atoms with Crippen molar-refractivity contribution in [3.8, 4) is 5.75 Å². The fourth-order valence-corrected chi connectivity index (χ4v) is 2.37. The third-order valence-electron chi connectivity index (χ3n) is 3.80. The van der Waals surface area contributed by atoms with E-state index in [1.165, 1.54) is 0 Å². The topological polar surface area (TPSA) is 117 Å². The van der Waals surface area contributed by atoms with Gasteiger partial charge in [0.1, 0.15) is 5.75 Å². The first kappa shape index (κ1) is 20.8. The molecule has 0 saturated heterocycles. The first-order valence-electron chi connectivity index (χ1n) is 8.78. The number of anilines is 2. The van der Waals surface area contributed by atoms with E-state index in [1.807, 2.05) is 6.07 Å². The summed E-state index contributed by atoms with van der Waals surface area (Å²) in [5.74, 6) is -0.361. The molecule has 0 unspecified atom stereocenters. The Balaban J connectivity index is 1.83. The second-order valence-corrected chi connectivity index (χ2v) is 5.97. The minimum Gasteiger partial charge on any atom is -0.493 e. The third-order valence-corrected chi connectivity index (χ3v) is 3.80. The second kappa shape index (κ2) is 10.6. The molecule has 0 aliphatic heterocycles. The third kappa shape index (κ3) is 7.36. The van der Waals surface area contributed by atoms with E-state index in [-0.39, 0.29) is 25.4 Å². The maximum atomic E-state index is 12.1. The molecular weight excluding hydrogens is 362 g/mol. The lowest BCUT2D eigenvalue weighted by Crippen LogP contribution is -2.20. The summed E-state index contributed by atoms with van der Waals surface area (Å²) < 4.78 is 5.46. The molecule has 0 radical (unpaired) electrons. The van der Waals surface area contributed by atoms with Gasteiger partial charge in [-0.05, 0) is 48.4 Å². The lowest BCUT2D eigenvalue weighted by atomic mass is 10.1. The molecule has 0 saturated carbocycles. The number of amides is 3. The molecule has 8 heteroatoms. The van der Waals surface area contributed by atoms with Crippen molar-refractivity contribution >= 4 is 29.3 Å². The van der Waals surface area contributed by atoms with E-state index < -0.39 is 12.0 Å². The second-order valence-electron chi connectivity index (χ2n) is 5.97. The van der Waals surface area contributed by atoms with Crippen LogP contribution in [0, 0.1) is 0 Å². The van der Waals surface area contributed by atoms with Gasteiger partial charge in [0.15, 0.2) is 0 Å². The number of hydrogen-bond acceptors (Lipinski definition) is 4. The number of carboxylic acid groups (broad SMARTS) is 1. The molecule has 0 aliphatic rings. The highest BCUT2D eigenvalue weighted by Gasteiger charge is 2.05. The zero-order valence-corrected chi connectivity index (χ0v) is 15.5. The van der Waals surface area contributed by atoms with Gasteiger partial charge >= 0.3 is 12.0 Å². The van der Waals surface area contributed by atoms with Crippen LogP contribution in [-0.4, -0.2) is 36.7 Å². The van der Waals surface area contributed by atoms with Crippen molar-refractivity contribution < 1.29 is 24.2 Å². The molecule has 0 spiro atoms. The van der Waals surface area contributed by atoms with Gasteiger partial charge in [0.25, 0.3) is 0 Å². The molecule has 148 valence electrons. The van der Waals surface area contributed by atoms with Crippen LogP contribution in [0.5, 0.6) is 5.75 Å². The van der Waals surface area contributed by atoms with Crippen LogP contribution in [-0.2, 0) is 16.0 Å². The number of carboxylic acids is 1. The van der Waals surface area contributed by atoms with Crippen LogP contribution in [0.4, 0.5) is 16.2 Å². The number of carbonyl (C=O) groups excluding carboxylic acids is 2. The summed E-state index contributed by atoms with van der Waals surface area (Å²) in [5.41, 5.74) is 1.99. The van der Waals surface area contributed by atoms with Gasteiger partial charge in [-0.3, -0.25) is 9.59 Å². The Hall–Kier alpha value is -3.55. The Bertz CT molecular complexity index is 821. The van der Waals surface area contributed by atoms with Gasteiger partial charge in [0.2, 0.25) is 5.91 Å². The molecule has 28 heavy (non-hydrogen) atoms. The summed E-state index contributed by atoms with van der Waals surface area (Å²) in [6.07, 6.45) is 0.700. The number of carbonyl (C=O) groups is 3. The van der Waals surface area contributed by atoms with Crippen LogP contribution in [0.2, 0.25) is 0 Å². The Morgan fingerprint density at radius 1 is 0.964 bits per heavy atom. The van der Waals surface area contributed by atoms with Crippen molar-refractivity contribution in [2.24, 2.45) is 0 Å². The summed E-state index contributed by atoms with van der Waals surface area (Å²) in [4.78, 5) is 33.9. The van der Waals surface area contributed by atoms with Crippen LogP contribution in [0.15, 0.2) is 48.5 Å². The minimum absolute atomic E-state index is 0.0349. The molecule has 0 fully saturated rings. The van der Waals surface area contributed by atoms with E-state index in [4.69, 9.17) is 9.84 Å². The molecule has 0 aromatic heterocycles. The van der Waals surface area contributed by atoms with Gasteiger partial charge in [-0.25, -0.2) is 4.79 Å². The summed E-state index contributed by atoms with van der Waals surface area (Å²) in [5, 5.41) is 16.7. The smallest absolute Gasteiger partial charge is 0.323 e. The average molecular weight is 385 g/mol. The Morgan fingerprint density at radius 3 is 2.36 bits per heavy atom. The Kier molecular flexibility index (Phi) is 7.83. The largest absolute Gasteiger partial charge is 0.493 e. The standard InChI is InChI=1S/C20H23N3O5/c1-21-18(24)11-12-28-17-8-6-15(7-9-17)22-20(27)23-16-4-2-3-14(13-16)5-10-19(25)26/h2-4,6-9,13H,5,10-12H2,1H3,(H,21,24)(H,25,26)(H2,22,23,27). The van der Waals surface area contributed by atoms with E-state index in [9.17, 15) is 14.4 Å². The van der Waals surface area contributed by atoms with Crippen molar-refractivity contribution in [2.75, 3.05) is 24.3 Å². The Morgan fingerprint density at radius 2 is 1.68 bits per heavy atom. The predicted octanol–water partition coefficient (Wildman–Crippen LogP) is 2.86. The van der Waals surface area contributed by atoms with Gasteiger partial charge in [0, 0.05) is 24.8 Å². The number of nitrogens with one attached hydrogen (secondary N) is 3. The number of benzene rings is 2. The van der Waals surface area contributed by atoms with Gasteiger partial charge < -0.3 is 25.8 Å². The van der Waals surface area contributed by atoms with Crippen molar-refractivity contribution in [1.29, 1.82) is 0 Å². The van der Waals surface area contributed by atoms with Gasteiger partial charge in [-0.15, -0.1) is 0 Å². The van der Waals surface area contributed by atoms with Crippen molar-refractivity contribution in [3.63, 3.8) is 0 Å².